The van der Waals surface area contributed by atoms with Gasteiger partial charge in [-0.15, -0.1) is 11.3 Å². The van der Waals surface area contributed by atoms with Crippen molar-refractivity contribution in [1.82, 2.24) is 14.9 Å². The summed E-state index contributed by atoms with van der Waals surface area (Å²) in [5.41, 5.74) is 1.65. The van der Waals surface area contributed by atoms with Crippen molar-refractivity contribution in [3.05, 3.63) is 35.5 Å². The molecule has 2 unspecified atom stereocenters. The molecule has 1 aliphatic heterocycles. The molecule has 5 nitrogen and oxygen atoms in total. The quantitative estimate of drug-likeness (QED) is 0.872. The number of carbonyl (C=O) groups excluding carboxylic acids is 1. The smallest absolute Gasteiger partial charge is 0.229 e. The number of thiazole rings is 1. The fourth-order valence-corrected chi connectivity index (χ4v) is 3.30. The second-order valence-electron chi connectivity index (χ2n) is 5.57. The van der Waals surface area contributed by atoms with Crippen LogP contribution in [0.1, 0.15) is 19.5 Å². The van der Waals surface area contributed by atoms with Crippen molar-refractivity contribution < 1.29 is 9.53 Å². The van der Waals surface area contributed by atoms with E-state index in [1.165, 1.54) is 11.3 Å². The molecule has 3 rings (SSSR count). The van der Waals surface area contributed by atoms with Gasteiger partial charge in [-0.05, 0) is 26.0 Å². The van der Waals surface area contributed by atoms with Crippen LogP contribution in [0.25, 0.3) is 10.7 Å². The first kappa shape index (κ1) is 15.1. The lowest BCUT2D eigenvalue weighted by Crippen LogP contribution is -2.50. The van der Waals surface area contributed by atoms with Crippen LogP contribution in [-0.4, -0.2) is 46.1 Å². The van der Waals surface area contributed by atoms with Gasteiger partial charge in [-0.2, -0.15) is 0 Å². The third kappa shape index (κ3) is 3.34. The lowest BCUT2D eigenvalue weighted by Gasteiger charge is -2.36. The van der Waals surface area contributed by atoms with Crippen molar-refractivity contribution in [1.29, 1.82) is 0 Å². The predicted octanol–water partition coefficient (Wildman–Crippen LogP) is 2.38. The fourth-order valence-electron chi connectivity index (χ4n) is 2.50. The highest BCUT2D eigenvalue weighted by atomic mass is 32.1. The summed E-state index contributed by atoms with van der Waals surface area (Å²) in [4.78, 5) is 23.2. The molecule has 0 spiro atoms. The van der Waals surface area contributed by atoms with Gasteiger partial charge in [-0.1, -0.05) is 6.07 Å². The van der Waals surface area contributed by atoms with E-state index in [0.717, 1.165) is 16.4 Å². The van der Waals surface area contributed by atoms with Gasteiger partial charge in [-0.25, -0.2) is 4.98 Å². The number of amides is 1. The summed E-state index contributed by atoms with van der Waals surface area (Å²) in [6, 6.07) is 5.86. The molecule has 0 aliphatic carbocycles. The van der Waals surface area contributed by atoms with E-state index < -0.39 is 0 Å². The van der Waals surface area contributed by atoms with Gasteiger partial charge in [0.15, 0.2) is 0 Å². The van der Waals surface area contributed by atoms with Crippen LogP contribution in [0.4, 0.5) is 0 Å². The first-order chi connectivity index (χ1) is 10.6. The second-order valence-corrected chi connectivity index (χ2v) is 6.43. The lowest BCUT2D eigenvalue weighted by molar-refractivity contribution is -0.142. The van der Waals surface area contributed by atoms with E-state index in [4.69, 9.17) is 4.74 Å². The summed E-state index contributed by atoms with van der Waals surface area (Å²) >= 11 is 1.52. The van der Waals surface area contributed by atoms with Gasteiger partial charge in [0.05, 0.1) is 36.6 Å². The molecule has 0 bridgehead atoms. The molecule has 6 heteroatoms. The minimum Gasteiger partial charge on any atom is -0.375 e. The zero-order valence-corrected chi connectivity index (χ0v) is 13.5. The third-order valence-electron chi connectivity index (χ3n) is 3.70. The monoisotopic (exact) mass is 317 g/mol. The normalized spacial score (nSPS) is 21.8. The van der Waals surface area contributed by atoms with E-state index in [1.807, 2.05) is 42.3 Å². The molecule has 2 aromatic heterocycles. The van der Waals surface area contributed by atoms with Gasteiger partial charge in [0, 0.05) is 18.1 Å². The Hall–Kier alpha value is -1.79. The highest BCUT2D eigenvalue weighted by molar-refractivity contribution is 7.13. The molecule has 1 fully saturated rings. The molecule has 0 N–H and O–H groups in total. The van der Waals surface area contributed by atoms with Crippen LogP contribution >= 0.6 is 11.3 Å². The van der Waals surface area contributed by atoms with Crippen LogP contribution in [-0.2, 0) is 16.0 Å². The summed E-state index contributed by atoms with van der Waals surface area (Å²) in [6.07, 6.45) is 2.18. The number of morpholine rings is 1. The topological polar surface area (TPSA) is 55.3 Å². The van der Waals surface area contributed by atoms with E-state index >= 15 is 0 Å². The largest absolute Gasteiger partial charge is 0.375 e. The molecular formula is C16H19N3O2S. The first-order valence-corrected chi connectivity index (χ1v) is 8.28. The average Bonchev–Trinajstić information content (AvgIpc) is 2.99. The minimum atomic E-state index is 0.0969. The molecule has 1 saturated heterocycles. The zero-order valence-electron chi connectivity index (χ0n) is 12.7. The summed E-state index contributed by atoms with van der Waals surface area (Å²) in [5.74, 6) is 0.112. The van der Waals surface area contributed by atoms with Crippen LogP contribution in [0.2, 0.25) is 0 Å². The van der Waals surface area contributed by atoms with Gasteiger partial charge in [0.2, 0.25) is 5.91 Å². The molecule has 0 saturated carbocycles. The Morgan fingerprint density at radius 3 is 3.09 bits per heavy atom. The summed E-state index contributed by atoms with van der Waals surface area (Å²) in [5, 5.41) is 2.79. The molecule has 2 atom stereocenters. The Balaban J connectivity index is 1.68. The summed E-state index contributed by atoms with van der Waals surface area (Å²) < 4.78 is 5.57. The Labute approximate surface area is 134 Å². The molecule has 0 radical (unpaired) electrons. The van der Waals surface area contributed by atoms with Crippen LogP contribution in [0.5, 0.6) is 0 Å². The van der Waals surface area contributed by atoms with Crippen LogP contribution < -0.4 is 0 Å². The number of nitrogens with zero attached hydrogens (tertiary/aromatic N) is 3. The Morgan fingerprint density at radius 1 is 1.45 bits per heavy atom. The maximum Gasteiger partial charge on any atom is 0.229 e. The van der Waals surface area contributed by atoms with Gasteiger partial charge in [0.25, 0.3) is 0 Å². The Morgan fingerprint density at radius 2 is 2.32 bits per heavy atom. The molecular weight excluding hydrogens is 298 g/mol. The molecule has 3 heterocycles. The molecule has 22 heavy (non-hydrogen) atoms. The van der Waals surface area contributed by atoms with Gasteiger partial charge >= 0.3 is 0 Å². The zero-order chi connectivity index (χ0) is 15.5. The number of carbonyl (C=O) groups is 1. The van der Waals surface area contributed by atoms with Crippen LogP contribution in [0.3, 0.4) is 0 Å². The molecule has 1 aliphatic rings. The number of ether oxygens (including phenoxy) is 1. The summed E-state index contributed by atoms with van der Waals surface area (Å²) in [6.45, 7) is 5.26. The van der Waals surface area contributed by atoms with Crippen molar-refractivity contribution in [2.24, 2.45) is 0 Å². The number of hydrogen-bond donors (Lipinski definition) is 0. The van der Waals surface area contributed by atoms with Crippen molar-refractivity contribution in [3.63, 3.8) is 0 Å². The average molecular weight is 317 g/mol. The van der Waals surface area contributed by atoms with Crippen molar-refractivity contribution >= 4 is 17.2 Å². The number of aromatic nitrogens is 2. The minimum absolute atomic E-state index is 0.0969. The SMILES string of the molecule is CC1CN(C(=O)Cc2csc(-c3ccccn3)n2)C(C)CO1. The Kier molecular flexibility index (Phi) is 4.49. The van der Waals surface area contributed by atoms with Crippen LogP contribution in [0, 0.1) is 0 Å². The molecule has 2 aromatic rings. The van der Waals surface area contributed by atoms with Gasteiger partial charge < -0.3 is 9.64 Å². The van der Waals surface area contributed by atoms with Gasteiger partial charge in [0.1, 0.15) is 5.01 Å². The van der Waals surface area contributed by atoms with E-state index in [0.29, 0.717) is 19.6 Å². The summed E-state index contributed by atoms with van der Waals surface area (Å²) in [7, 11) is 0. The maximum atomic E-state index is 12.5. The number of rotatable bonds is 3. The van der Waals surface area contributed by atoms with Crippen LogP contribution in [0.15, 0.2) is 29.8 Å². The molecule has 0 aromatic carbocycles. The van der Waals surface area contributed by atoms with E-state index in [9.17, 15) is 4.79 Å². The van der Waals surface area contributed by atoms with Crippen molar-refractivity contribution in [3.8, 4) is 10.7 Å². The number of hydrogen-bond acceptors (Lipinski definition) is 5. The van der Waals surface area contributed by atoms with E-state index in [-0.39, 0.29) is 18.1 Å². The van der Waals surface area contributed by atoms with Gasteiger partial charge in [-0.3, -0.25) is 9.78 Å². The molecule has 1 amide bonds. The predicted molar refractivity (Wildman–Crippen MR) is 85.6 cm³/mol. The first-order valence-electron chi connectivity index (χ1n) is 7.40. The van der Waals surface area contributed by atoms with E-state index in [1.54, 1.807) is 6.20 Å². The highest BCUT2D eigenvalue weighted by Crippen LogP contribution is 2.22. The van der Waals surface area contributed by atoms with Crippen molar-refractivity contribution in [2.45, 2.75) is 32.4 Å². The fraction of sp³-hybridized carbons (Fsp3) is 0.438. The standard InChI is InChI=1S/C16H19N3O2S/c1-11-9-21-12(2)8-19(11)15(20)7-13-10-22-16(18-13)14-5-3-4-6-17-14/h3-6,10-12H,7-9H2,1-2H3. The lowest BCUT2D eigenvalue weighted by atomic mass is 10.2. The van der Waals surface area contributed by atoms with E-state index in [2.05, 4.69) is 9.97 Å². The third-order valence-corrected chi connectivity index (χ3v) is 4.61. The number of pyridine rings is 1. The van der Waals surface area contributed by atoms with Crippen molar-refractivity contribution in [2.75, 3.05) is 13.2 Å². The maximum absolute atomic E-state index is 12.5. The Bertz CT molecular complexity index is 644. The second kappa shape index (κ2) is 6.54. The highest BCUT2D eigenvalue weighted by Gasteiger charge is 2.27. The molecule has 116 valence electrons.